The number of nitrogens with zero attached hydrogens (tertiary/aromatic N) is 2. The summed E-state index contributed by atoms with van der Waals surface area (Å²) in [7, 11) is 3.46. The van der Waals surface area contributed by atoms with E-state index in [9.17, 15) is 14.4 Å². The van der Waals surface area contributed by atoms with Crippen molar-refractivity contribution in [2.45, 2.75) is 13.5 Å². The standard InChI is InChI=1S/C26H28N4O3/c1-19(31)30(3)24-14-12-22(13-15-24)27-17-25(32)28-23-11-7-10-21(16-23)26(33)29(2)18-20-8-5-4-6-9-20/h4-16,27H,17-18H2,1-3H3,(H,28,32). The Kier molecular flexibility index (Phi) is 7.81. The van der Waals surface area contributed by atoms with Crippen LogP contribution >= 0.6 is 0 Å². The highest BCUT2D eigenvalue weighted by molar-refractivity contribution is 5.98. The first-order chi connectivity index (χ1) is 15.8. The number of nitrogens with one attached hydrogen (secondary N) is 2. The van der Waals surface area contributed by atoms with Crippen LogP contribution in [0, 0.1) is 0 Å². The molecular weight excluding hydrogens is 416 g/mol. The summed E-state index contributed by atoms with van der Waals surface area (Å²) in [6.45, 7) is 2.07. The fourth-order valence-corrected chi connectivity index (χ4v) is 3.25. The molecule has 0 bridgehead atoms. The molecule has 0 fully saturated rings. The molecule has 7 heteroatoms. The summed E-state index contributed by atoms with van der Waals surface area (Å²) in [4.78, 5) is 39.8. The highest BCUT2D eigenvalue weighted by Gasteiger charge is 2.13. The van der Waals surface area contributed by atoms with Gasteiger partial charge in [-0.15, -0.1) is 0 Å². The average molecular weight is 445 g/mol. The van der Waals surface area contributed by atoms with Crippen molar-refractivity contribution >= 4 is 34.8 Å². The molecule has 0 aliphatic carbocycles. The van der Waals surface area contributed by atoms with Crippen molar-refractivity contribution in [2.24, 2.45) is 0 Å². The van der Waals surface area contributed by atoms with Gasteiger partial charge in [-0.25, -0.2) is 0 Å². The third-order valence-corrected chi connectivity index (χ3v) is 5.18. The van der Waals surface area contributed by atoms with Crippen molar-refractivity contribution in [1.29, 1.82) is 0 Å². The predicted octanol–water partition coefficient (Wildman–Crippen LogP) is 3.99. The Balaban J connectivity index is 1.54. The second-order valence-electron chi connectivity index (χ2n) is 7.75. The molecule has 0 saturated heterocycles. The number of carbonyl (C=O) groups excluding carboxylic acids is 3. The molecular formula is C26H28N4O3. The second-order valence-corrected chi connectivity index (χ2v) is 7.75. The quantitative estimate of drug-likeness (QED) is 0.550. The van der Waals surface area contributed by atoms with Crippen LogP contribution in [0.5, 0.6) is 0 Å². The lowest BCUT2D eigenvalue weighted by Gasteiger charge is -2.18. The molecule has 0 unspecified atom stereocenters. The van der Waals surface area contributed by atoms with Crippen molar-refractivity contribution in [3.63, 3.8) is 0 Å². The molecule has 0 heterocycles. The molecule has 3 amide bonds. The molecule has 0 aromatic heterocycles. The second kappa shape index (κ2) is 10.9. The molecule has 2 N–H and O–H groups in total. The van der Waals surface area contributed by atoms with Crippen LogP contribution in [-0.4, -0.2) is 43.3 Å². The van der Waals surface area contributed by atoms with Gasteiger partial charge in [-0.3, -0.25) is 14.4 Å². The maximum Gasteiger partial charge on any atom is 0.253 e. The maximum atomic E-state index is 12.8. The number of hydrogen-bond donors (Lipinski definition) is 2. The third kappa shape index (κ3) is 6.67. The smallest absolute Gasteiger partial charge is 0.253 e. The zero-order valence-electron chi connectivity index (χ0n) is 19.0. The summed E-state index contributed by atoms with van der Waals surface area (Å²) in [5, 5.41) is 5.87. The molecule has 0 aliphatic heterocycles. The number of benzene rings is 3. The van der Waals surface area contributed by atoms with Gasteiger partial charge in [0, 0.05) is 50.2 Å². The van der Waals surface area contributed by atoms with Gasteiger partial charge in [-0.2, -0.15) is 0 Å². The first-order valence-corrected chi connectivity index (χ1v) is 10.6. The van der Waals surface area contributed by atoms with Gasteiger partial charge in [0.2, 0.25) is 11.8 Å². The molecule has 0 aliphatic rings. The molecule has 3 rings (SSSR count). The van der Waals surface area contributed by atoms with Crippen molar-refractivity contribution in [3.05, 3.63) is 90.0 Å². The Hall–Kier alpha value is -4.13. The largest absolute Gasteiger partial charge is 0.376 e. The van der Waals surface area contributed by atoms with Crippen LogP contribution in [-0.2, 0) is 16.1 Å². The fourth-order valence-electron chi connectivity index (χ4n) is 3.25. The van der Waals surface area contributed by atoms with E-state index < -0.39 is 0 Å². The van der Waals surface area contributed by atoms with Crippen molar-refractivity contribution in [3.8, 4) is 0 Å². The molecule has 0 radical (unpaired) electrons. The Bertz CT molecular complexity index is 1110. The minimum Gasteiger partial charge on any atom is -0.376 e. The fraction of sp³-hybridized carbons (Fsp3) is 0.192. The third-order valence-electron chi connectivity index (χ3n) is 5.18. The van der Waals surface area contributed by atoms with Gasteiger partial charge < -0.3 is 20.4 Å². The minimum atomic E-state index is -0.234. The Labute approximate surface area is 194 Å². The highest BCUT2D eigenvalue weighted by Crippen LogP contribution is 2.17. The zero-order valence-corrected chi connectivity index (χ0v) is 19.0. The Morgan fingerprint density at radius 3 is 2.18 bits per heavy atom. The van der Waals surface area contributed by atoms with E-state index in [2.05, 4.69) is 10.6 Å². The number of hydrogen-bond acceptors (Lipinski definition) is 4. The number of carbonyl (C=O) groups is 3. The van der Waals surface area contributed by atoms with Crippen LogP contribution in [0.4, 0.5) is 17.1 Å². The summed E-state index contributed by atoms with van der Waals surface area (Å²) in [6, 6.07) is 23.9. The lowest BCUT2D eigenvalue weighted by Crippen LogP contribution is -2.26. The van der Waals surface area contributed by atoms with Gasteiger partial charge in [0.05, 0.1) is 6.54 Å². The van der Waals surface area contributed by atoms with Gasteiger partial charge in [0.25, 0.3) is 5.91 Å². The zero-order chi connectivity index (χ0) is 23.8. The van der Waals surface area contributed by atoms with E-state index in [-0.39, 0.29) is 24.3 Å². The summed E-state index contributed by atoms with van der Waals surface area (Å²) in [5.74, 6) is -0.409. The van der Waals surface area contributed by atoms with Gasteiger partial charge in [-0.05, 0) is 48.0 Å². The summed E-state index contributed by atoms with van der Waals surface area (Å²) < 4.78 is 0. The maximum absolute atomic E-state index is 12.8. The lowest BCUT2D eigenvalue weighted by molar-refractivity contribution is -0.116. The molecule has 0 spiro atoms. The first kappa shape index (κ1) is 23.5. The molecule has 0 atom stereocenters. The van der Waals surface area contributed by atoms with Gasteiger partial charge in [0.1, 0.15) is 0 Å². The molecule has 3 aromatic carbocycles. The van der Waals surface area contributed by atoms with E-state index in [0.717, 1.165) is 16.9 Å². The minimum absolute atomic E-state index is 0.0536. The Morgan fingerprint density at radius 1 is 0.818 bits per heavy atom. The molecule has 0 saturated carbocycles. The normalized spacial score (nSPS) is 10.3. The van der Waals surface area contributed by atoms with Crippen LogP contribution < -0.4 is 15.5 Å². The van der Waals surface area contributed by atoms with E-state index in [1.54, 1.807) is 48.2 Å². The van der Waals surface area contributed by atoms with E-state index in [1.165, 1.54) is 6.92 Å². The molecule has 7 nitrogen and oxygen atoms in total. The summed E-state index contributed by atoms with van der Waals surface area (Å²) in [5.41, 5.74) is 3.64. The molecule has 33 heavy (non-hydrogen) atoms. The van der Waals surface area contributed by atoms with Crippen LogP contribution in [0.2, 0.25) is 0 Å². The topological polar surface area (TPSA) is 81.8 Å². The Morgan fingerprint density at radius 2 is 1.52 bits per heavy atom. The van der Waals surface area contributed by atoms with E-state index in [1.807, 2.05) is 54.6 Å². The first-order valence-electron chi connectivity index (χ1n) is 10.6. The van der Waals surface area contributed by atoms with Crippen LogP contribution in [0.3, 0.4) is 0 Å². The number of rotatable bonds is 8. The highest BCUT2D eigenvalue weighted by atomic mass is 16.2. The van der Waals surface area contributed by atoms with Gasteiger partial charge in [-0.1, -0.05) is 36.4 Å². The predicted molar refractivity (Wildman–Crippen MR) is 131 cm³/mol. The van der Waals surface area contributed by atoms with Crippen molar-refractivity contribution in [1.82, 2.24) is 4.90 Å². The van der Waals surface area contributed by atoms with Crippen LogP contribution in [0.25, 0.3) is 0 Å². The van der Waals surface area contributed by atoms with E-state index >= 15 is 0 Å². The van der Waals surface area contributed by atoms with Gasteiger partial charge >= 0.3 is 0 Å². The monoisotopic (exact) mass is 444 g/mol. The van der Waals surface area contributed by atoms with E-state index in [0.29, 0.717) is 17.8 Å². The SMILES string of the molecule is CC(=O)N(C)c1ccc(NCC(=O)Nc2cccc(C(=O)N(C)Cc3ccccc3)c2)cc1. The summed E-state index contributed by atoms with van der Waals surface area (Å²) >= 11 is 0. The molecule has 170 valence electrons. The number of amides is 3. The average Bonchev–Trinajstić information content (AvgIpc) is 2.83. The van der Waals surface area contributed by atoms with E-state index in [4.69, 9.17) is 0 Å². The van der Waals surface area contributed by atoms with Crippen LogP contribution in [0.1, 0.15) is 22.8 Å². The molecule has 3 aromatic rings. The lowest BCUT2D eigenvalue weighted by atomic mass is 10.1. The van der Waals surface area contributed by atoms with Crippen molar-refractivity contribution < 1.29 is 14.4 Å². The summed E-state index contributed by atoms with van der Waals surface area (Å²) in [6.07, 6.45) is 0. The number of anilines is 3. The van der Waals surface area contributed by atoms with Gasteiger partial charge in [0.15, 0.2) is 0 Å². The van der Waals surface area contributed by atoms with Crippen molar-refractivity contribution in [2.75, 3.05) is 36.2 Å². The van der Waals surface area contributed by atoms with Crippen LogP contribution in [0.15, 0.2) is 78.9 Å².